The maximum atomic E-state index is 14.0. The Hall–Kier alpha value is -1.77. The van der Waals surface area contributed by atoms with Gasteiger partial charge in [-0.1, -0.05) is 6.07 Å². The smallest absolute Gasteiger partial charge is 0.194 e. The summed E-state index contributed by atoms with van der Waals surface area (Å²) < 4.78 is 19.3. The van der Waals surface area contributed by atoms with E-state index in [4.69, 9.17) is 10.00 Å². The zero-order valence-electron chi connectivity index (χ0n) is 15.7. The molecule has 1 unspecified atom stereocenters. The zero-order valence-corrected chi connectivity index (χ0v) is 18.8. The Morgan fingerprint density at radius 2 is 2.26 bits per heavy atom. The number of benzene rings is 1. The summed E-state index contributed by atoms with van der Waals surface area (Å²) in [5, 5.41) is 14.9. The van der Waals surface area contributed by atoms with E-state index in [1.165, 1.54) is 6.07 Å². The molecule has 1 heterocycles. The van der Waals surface area contributed by atoms with Gasteiger partial charge in [-0.15, -0.1) is 35.3 Å². The van der Waals surface area contributed by atoms with Crippen LogP contribution in [0.4, 0.5) is 4.39 Å². The number of nitrogens with zero attached hydrogens (tertiary/aromatic N) is 4. The van der Waals surface area contributed by atoms with Crippen LogP contribution in [0.1, 0.15) is 34.9 Å². The first-order valence-electron chi connectivity index (χ1n) is 8.05. The lowest BCUT2D eigenvalue weighted by Crippen LogP contribution is -2.38. The molecule has 27 heavy (non-hydrogen) atoms. The van der Waals surface area contributed by atoms with Gasteiger partial charge in [0.1, 0.15) is 16.9 Å². The minimum absolute atomic E-state index is 0. The molecule has 146 valence electrons. The summed E-state index contributed by atoms with van der Waals surface area (Å²) in [6.45, 7) is 2.80. The maximum Gasteiger partial charge on any atom is 0.194 e. The highest BCUT2D eigenvalue weighted by atomic mass is 127. The molecule has 6 nitrogen and oxygen atoms in total. The lowest BCUT2D eigenvalue weighted by Gasteiger charge is -2.21. The Bertz CT molecular complexity index is 820. The van der Waals surface area contributed by atoms with Gasteiger partial charge in [-0.3, -0.25) is 4.99 Å². The fraction of sp³-hybridized carbons (Fsp3) is 0.389. The molecular weight excluding hydrogens is 480 g/mol. The number of halogens is 2. The summed E-state index contributed by atoms with van der Waals surface area (Å²) in [6, 6.07) is 6.36. The van der Waals surface area contributed by atoms with Crippen molar-refractivity contribution in [3.8, 4) is 6.07 Å². The summed E-state index contributed by atoms with van der Waals surface area (Å²) in [6.07, 6.45) is -0.0316. The summed E-state index contributed by atoms with van der Waals surface area (Å²) in [5.41, 5.74) is 1.70. The SMILES string of the molecule is CN=C(NCc1ccc(C#N)cc1F)N(C)Cc1csc(C(C)OC)n1.I. The quantitative estimate of drug-likeness (QED) is 0.370. The average Bonchev–Trinajstić information content (AvgIpc) is 3.11. The van der Waals surface area contributed by atoms with Crippen LogP contribution in [-0.2, 0) is 17.8 Å². The molecule has 0 radical (unpaired) electrons. The summed E-state index contributed by atoms with van der Waals surface area (Å²) in [5.74, 6) is 0.218. The second-order valence-corrected chi connectivity index (χ2v) is 6.62. The molecule has 1 aromatic heterocycles. The topological polar surface area (TPSA) is 73.5 Å². The van der Waals surface area contributed by atoms with Crippen molar-refractivity contribution in [1.82, 2.24) is 15.2 Å². The molecule has 0 amide bonds. The fourth-order valence-corrected chi connectivity index (χ4v) is 3.16. The molecule has 0 aliphatic carbocycles. The number of hydrogen-bond donors (Lipinski definition) is 1. The predicted molar refractivity (Wildman–Crippen MR) is 116 cm³/mol. The molecule has 0 spiro atoms. The van der Waals surface area contributed by atoms with Gasteiger partial charge in [-0.25, -0.2) is 9.37 Å². The standard InChI is InChI=1S/C18H22FN5OS.HI/c1-12(25-4)17-23-15(11-26-17)10-24(3)18(21-2)22-9-14-6-5-13(8-20)7-16(14)19;/h5-7,11-12H,9-10H2,1-4H3,(H,21,22);1H. The lowest BCUT2D eigenvalue weighted by atomic mass is 10.1. The third-order valence-corrected chi connectivity index (χ3v) is 4.92. The summed E-state index contributed by atoms with van der Waals surface area (Å²) >= 11 is 1.56. The number of thiazole rings is 1. The van der Waals surface area contributed by atoms with Crippen LogP contribution in [0.2, 0.25) is 0 Å². The molecule has 2 rings (SSSR count). The Balaban J connectivity index is 0.00000364. The van der Waals surface area contributed by atoms with Gasteiger partial charge in [0, 0.05) is 38.7 Å². The number of aliphatic imine (C=N–C) groups is 1. The fourth-order valence-electron chi connectivity index (χ4n) is 2.32. The van der Waals surface area contributed by atoms with Crippen molar-refractivity contribution >= 4 is 41.3 Å². The normalized spacial score (nSPS) is 12.1. The van der Waals surface area contributed by atoms with E-state index in [1.807, 2.05) is 30.3 Å². The Morgan fingerprint density at radius 3 is 2.85 bits per heavy atom. The number of aromatic nitrogens is 1. The van der Waals surface area contributed by atoms with Crippen molar-refractivity contribution in [2.75, 3.05) is 21.2 Å². The number of methoxy groups -OCH3 is 1. The van der Waals surface area contributed by atoms with Gasteiger partial charge in [0.15, 0.2) is 5.96 Å². The Kier molecular flexibility index (Phi) is 9.62. The molecule has 0 saturated heterocycles. The number of nitrogens with one attached hydrogen (secondary N) is 1. The Morgan fingerprint density at radius 1 is 1.52 bits per heavy atom. The minimum atomic E-state index is -0.410. The van der Waals surface area contributed by atoms with Crippen LogP contribution < -0.4 is 5.32 Å². The number of guanidine groups is 1. The number of ether oxygens (including phenoxy) is 1. The third-order valence-electron chi connectivity index (χ3n) is 3.86. The van der Waals surface area contributed by atoms with Gasteiger partial charge in [0.25, 0.3) is 0 Å². The molecule has 9 heteroatoms. The highest BCUT2D eigenvalue weighted by Crippen LogP contribution is 2.21. The van der Waals surface area contributed by atoms with Gasteiger partial charge in [-0.2, -0.15) is 5.26 Å². The van der Waals surface area contributed by atoms with Gasteiger partial charge in [-0.05, 0) is 19.1 Å². The number of hydrogen-bond acceptors (Lipinski definition) is 5. The van der Waals surface area contributed by atoms with Crippen molar-refractivity contribution in [3.05, 3.63) is 51.2 Å². The van der Waals surface area contributed by atoms with Crippen molar-refractivity contribution in [2.24, 2.45) is 4.99 Å². The van der Waals surface area contributed by atoms with Gasteiger partial charge in [0.05, 0.1) is 23.9 Å². The number of rotatable bonds is 6. The lowest BCUT2D eigenvalue weighted by molar-refractivity contribution is 0.119. The number of nitriles is 1. The van der Waals surface area contributed by atoms with E-state index in [0.29, 0.717) is 23.6 Å². The van der Waals surface area contributed by atoms with Gasteiger partial charge < -0.3 is 15.0 Å². The summed E-state index contributed by atoms with van der Waals surface area (Å²) in [4.78, 5) is 10.7. The van der Waals surface area contributed by atoms with E-state index in [0.717, 1.165) is 10.7 Å². The van der Waals surface area contributed by atoms with Crippen LogP contribution in [0.25, 0.3) is 0 Å². The van der Waals surface area contributed by atoms with Crippen LogP contribution in [-0.4, -0.2) is 37.0 Å². The molecule has 0 aliphatic rings. The monoisotopic (exact) mass is 503 g/mol. The second kappa shape index (κ2) is 11.2. The minimum Gasteiger partial charge on any atom is -0.375 e. The highest BCUT2D eigenvalue weighted by Gasteiger charge is 2.13. The Labute approximate surface area is 180 Å². The van der Waals surface area contributed by atoms with Crippen molar-refractivity contribution in [1.29, 1.82) is 5.26 Å². The van der Waals surface area contributed by atoms with E-state index in [2.05, 4.69) is 15.3 Å². The highest BCUT2D eigenvalue weighted by molar-refractivity contribution is 14.0. The van der Waals surface area contributed by atoms with Crippen LogP contribution in [0.5, 0.6) is 0 Å². The van der Waals surface area contributed by atoms with Crippen LogP contribution in [0.15, 0.2) is 28.6 Å². The van der Waals surface area contributed by atoms with E-state index in [9.17, 15) is 4.39 Å². The van der Waals surface area contributed by atoms with Crippen molar-refractivity contribution in [3.63, 3.8) is 0 Å². The van der Waals surface area contributed by atoms with Crippen molar-refractivity contribution < 1.29 is 9.13 Å². The predicted octanol–water partition coefficient (Wildman–Crippen LogP) is 3.69. The molecule has 0 bridgehead atoms. The molecule has 1 aromatic carbocycles. The van der Waals surface area contributed by atoms with Crippen LogP contribution in [0, 0.1) is 17.1 Å². The second-order valence-electron chi connectivity index (χ2n) is 5.73. The van der Waals surface area contributed by atoms with Crippen LogP contribution in [0.3, 0.4) is 0 Å². The van der Waals surface area contributed by atoms with Crippen molar-refractivity contribution in [2.45, 2.75) is 26.1 Å². The molecule has 1 atom stereocenters. The maximum absolute atomic E-state index is 14.0. The first kappa shape index (κ1) is 23.3. The molecule has 0 fully saturated rings. The van der Waals surface area contributed by atoms with E-state index in [1.54, 1.807) is 37.6 Å². The molecule has 0 saturated carbocycles. The first-order chi connectivity index (χ1) is 12.5. The summed E-state index contributed by atoms with van der Waals surface area (Å²) in [7, 11) is 5.22. The largest absolute Gasteiger partial charge is 0.375 e. The molecular formula is C18H23FIN5OS. The first-order valence-corrected chi connectivity index (χ1v) is 8.93. The van der Waals surface area contributed by atoms with Crippen LogP contribution >= 0.6 is 35.3 Å². The van der Waals surface area contributed by atoms with E-state index >= 15 is 0 Å². The third kappa shape index (κ3) is 6.41. The molecule has 0 aliphatic heterocycles. The van der Waals surface area contributed by atoms with Gasteiger partial charge >= 0.3 is 0 Å². The zero-order chi connectivity index (χ0) is 19.1. The average molecular weight is 503 g/mol. The van der Waals surface area contributed by atoms with E-state index in [-0.39, 0.29) is 36.6 Å². The van der Waals surface area contributed by atoms with E-state index < -0.39 is 5.82 Å². The van der Waals surface area contributed by atoms with Gasteiger partial charge in [0.2, 0.25) is 0 Å². The molecule has 2 aromatic rings. The molecule has 1 N–H and O–H groups in total.